The number of ether oxygens (including phenoxy) is 1. The molecule has 2 aromatic heterocycles. The number of nitrogens with zero attached hydrogens (tertiary/aromatic N) is 5. The highest BCUT2D eigenvalue weighted by Gasteiger charge is 2.43. The second-order valence-electron chi connectivity index (χ2n) is 7.37. The van der Waals surface area contributed by atoms with Crippen molar-refractivity contribution in [3.8, 4) is 0 Å². The second-order valence-corrected chi connectivity index (χ2v) is 7.37. The van der Waals surface area contributed by atoms with Gasteiger partial charge in [-0.25, -0.2) is 13.8 Å². The molecule has 142 valence electrons. The van der Waals surface area contributed by atoms with Crippen LogP contribution in [0.15, 0.2) is 24.5 Å². The average Bonchev–Trinajstić information content (AvgIpc) is 3.42. The Labute approximate surface area is 154 Å². The first-order valence-electron chi connectivity index (χ1n) is 9.21. The quantitative estimate of drug-likeness (QED) is 0.769. The van der Waals surface area contributed by atoms with Crippen LogP contribution in [-0.4, -0.2) is 55.7 Å². The number of rotatable bonds is 3. The summed E-state index contributed by atoms with van der Waals surface area (Å²) in [6.07, 6.45) is 4.79. The first-order valence-corrected chi connectivity index (χ1v) is 9.21. The van der Waals surface area contributed by atoms with E-state index in [1.54, 1.807) is 0 Å². The number of piperidine rings is 1. The lowest BCUT2D eigenvalue weighted by Crippen LogP contribution is -2.44. The molecule has 3 aliphatic rings. The molecule has 2 saturated heterocycles. The number of aromatic nitrogens is 4. The Hall–Kier alpha value is -2.42. The van der Waals surface area contributed by atoms with Crippen LogP contribution >= 0.6 is 0 Å². The molecule has 5 rings (SSSR count). The molecule has 0 aliphatic carbocycles. The molecule has 2 fully saturated rings. The fourth-order valence-electron chi connectivity index (χ4n) is 4.39. The van der Waals surface area contributed by atoms with E-state index in [4.69, 9.17) is 4.74 Å². The third-order valence-electron chi connectivity index (χ3n) is 5.72. The lowest BCUT2D eigenvalue weighted by atomic mass is 9.89. The van der Waals surface area contributed by atoms with Gasteiger partial charge in [0.05, 0.1) is 23.8 Å². The Bertz CT molecular complexity index is 914. The van der Waals surface area contributed by atoms with Crippen LogP contribution in [0.25, 0.3) is 5.78 Å². The summed E-state index contributed by atoms with van der Waals surface area (Å²) >= 11 is 0. The lowest BCUT2D eigenvalue weighted by Gasteiger charge is -2.35. The standard InChI is InChI=1S/C18H19F2N5O2/c19-16(20)14-7-13(23-18-21-9-22-25(14)18)10-2-1-5-24(8-10)17(26)12-6-11-3-4-15(12)27-11/h3-4,7,9-12,15-16H,1-2,5-6,8H2/t10-,11-,12+,15-/m1/s1. The number of alkyl halides is 2. The van der Waals surface area contributed by atoms with Gasteiger partial charge in [-0.1, -0.05) is 12.2 Å². The van der Waals surface area contributed by atoms with Crippen LogP contribution in [0.4, 0.5) is 8.78 Å². The molecule has 2 aromatic rings. The van der Waals surface area contributed by atoms with Crippen LogP contribution < -0.4 is 0 Å². The van der Waals surface area contributed by atoms with Gasteiger partial charge in [0.2, 0.25) is 5.91 Å². The molecule has 0 radical (unpaired) electrons. The molecule has 0 aromatic carbocycles. The van der Waals surface area contributed by atoms with Crippen molar-refractivity contribution in [3.05, 3.63) is 35.9 Å². The topological polar surface area (TPSA) is 72.6 Å². The van der Waals surface area contributed by atoms with Crippen LogP contribution in [0.1, 0.15) is 43.0 Å². The van der Waals surface area contributed by atoms with E-state index in [0.29, 0.717) is 18.8 Å². The lowest BCUT2D eigenvalue weighted by molar-refractivity contribution is -0.137. The number of amides is 1. The minimum Gasteiger partial charge on any atom is -0.366 e. The smallest absolute Gasteiger partial charge is 0.280 e. The summed E-state index contributed by atoms with van der Waals surface area (Å²) in [5.41, 5.74) is 0.329. The van der Waals surface area contributed by atoms with Crippen molar-refractivity contribution >= 4 is 11.7 Å². The predicted octanol–water partition coefficient (Wildman–Crippen LogP) is 2.11. The number of hydrogen-bond donors (Lipinski definition) is 0. The molecule has 5 heterocycles. The van der Waals surface area contributed by atoms with Gasteiger partial charge in [0.1, 0.15) is 12.0 Å². The zero-order valence-corrected chi connectivity index (χ0v) is 14.5. The van der Waals surface area contributed by atoms with Crippen molar-refractivity contribution in [1.29, 1.82) is 0 Å². The molecule has 4 atom stereocenters. The molecule has 7 nitrogen and oxygen atoms in total. The van der Waals surface area contributed by atoms with Gasteiger partial charge < -0.3 is 9.64 Å². The van der Waals surface area contributed by atoms with Gasteiger partial charge in [0, 0.05) is 19.0 Å². The minimum atomic E-state index is -2.67. The van der Waals surface area contributed by atoms with E-state index in [1.165, 1.54) is 12.4 Å². The maximum absolute atomic E-state index is 13.4. The Morgan fingerprint density at radius 1 is 1.33 bits per heavy atom. The van der Waals surface area contributed by atoms with E-state index >= 15 is 0 Å². The zero-order chi connectivity index (χ0) is 18.5. The number of carbonyl (C=O) groups is 1. The van der Waals surface area contributed by atoms with Crippen LogP contribution in [-0.2, 0) is 9.53 Å². The Kier molecular flexibility index (Phi) is 3.92. The van der Waals surface area contributed by atoms with Crippen LogP contribution in [0.5, 0.6) is 0 Å². The van der Waals surface area contributed by atoms with E-state index in [9.17, 15) is 13.6 Å². The summed E-state index contributed by atoms with van der Waals surface area (Å²) in [4.78, 5) is 23.2. The summed E-state index contributed by atoms with van der Waals surface area (Å²) in [5.74, 6) is 0.0336. The molecule has 0 N–H and O–H groups in total. The number of halogens is 2. The molecule has 9 heteroatoms. The van der Waals surface area contributed by atoms with Gasteiger partial charge >= 0.3 is 0 Å². The summed E-state index contributed by atoms with van der Waals surface area (Å²) in [6.45, 7) is 1.16. The van der Waals surface area contributed by atoms with Gasteiger partial charge in [-0.15, -0.1) is 0 Å². The monoisotopic (exact) mass is 375 g/mol. The highest BCUT2D eigenvalue weighted by molar-refractivity contribution is 5.80. The Morgan fingerprint density at radius 3 is 2.96 bits per heavy atom. The van der Waals surface area contributed by atoms with Gasteiger partial charge in [0.25, 0.3) is 12.2 Å². The summed E-state index contributed by atoms with van der Waals surface area (Å²) < 4.78 is 33.6. The fraction of sp³-hybridized carbons (Fsp3) is 0.556. The van der Waals surface area contributed by atoms with Gasteiger partial charge in [-0.05, 0) is 25.3 Å². The third kappa shape index (κ3) is 2.80. The summed E-state index contributed by atoms with van der Waals surface area (Å²) in [6, 6.07) is 1.40. The molecule has 2 bridgehead atoms. The van der Waals surface area contributed by atoms with Crippen molar-refractivity contribution < 1.29 is 18.3 Å². The molecule has 27 heavy (non-hydrogen) atoms. The van der Waals surface area contributed by atoms with E-state index < -0.39 is 6.43 Å². The summed E-state index contributed by atoms with van der Waals surface area (Å²) in [7, 11) is 0. The average molecular weight is 375 g/mol. The van der Waals surface area contributed by atoms with Gasteiger partial charge in [-0.3, -0.25) is 4.79 Å². The van der Waals surface area contributed by atoms with Crippen molar-refractivity contribution in [3.63, 3.8) is 0 Å². The molecule has 0 saturated carbocycles. The molecule has 3 aliphatic heterocycles. The van der Waals surface area contributed by atoms with Gasteiger partial charge in [0.15, 0.2) is 0 Å². The number of carbonyl (C=O) groups excluding carboxylic acids is 1. The van der Waals surface area contributed by atoms with Crippen LogP contribution in [0, 0.1) is 5.92 Å². The minimum absolute atomic E-state index is 0.0511. The maximum atomic E-state index is 13.4. The third-order valence-corrected chi connectivity index (χ3v) is 5.72. The van der Waals surface area contributed by atoms with Gasteiger partial charge in [-0.2, -0.15) is 14.6 Å². The predicted molar refractivity (Wildman–Crippen MR) is 90.2 cm³/mol. The van der Waals surface area contributed by atoms with Crippen molar-refractivity contribution in [2.24, 2.45) is 5.92 Å². The summed E-state index contributed by atoms with van der Waals surface area (Å²) in [5, 5.41) is 3.82. The van der Waals surface area contributed by atoms with Crippen LogP contribution in [0.3, 0.4) is 0 Å². The first-order chi connectivity index (χ1) is 13.1. The SMILES string of the molecule is O=C([C@H]1C[C@H]2C=C[C@H]1O2)N1CCC[C@@H](c2cc(C(F)F)n3ncnc3n2)C1. The van der Waals surface area contributed by atoms with Crippen molar-refractivity contribution in [1.82, 2.24) is 24.5 Å². The van der Waals surface area contributed by atoms with E-state index in [2.05, 4.69) is 15.1 Å². The Morgan fingerprint density at radius 2 is 2.22 bits per heavy atom. The number of likely N-dealkylation sites (tertiary alicyclic amines) is 1. The second kappa shape index (κ2) is 6.33. The molecular weight excluding hydrogens is 356 g/mol. The number of fused-ring (bicyclic) bond motifs is 3. The normalized spacial score (nSPS) is 30.0. The molecular formula is C18H19F2N5O2. The number of hydrogen-bond acceptors (Lipinski definition) is 5. The van der Waals surface area contributed by atoms with Crippen molar-refractivity contribution in [2.75, 3.05) is 13.1 Å². The largest absolute Gasteiger partial charge is 0.366 e. The molecule has 0 spiro atoms. The first kappa shape index (κ1) is 16.7. The van der Waals surface area contributed by atoms with Crippen molar-refractivity contribution in [2.45, 2.75) is 43.8 Å². The maximum Gasteiger partial charge on any atom is 0.280 e. The van der Waals surface area contributed by atoms with E-state index in [-0.39, 0.29) is 41.4 Å². The van der Waals surface area contributed by atoms with Crippen LogP contribution in [0.2, 0.25) is 0 Å². The highest BCUT2D eigenvalue weighted by Crippen LogP contribution is 2.36. The molecule has 0 unspecified atom stereocenters. The Balaban J connectivity index is 1.39. The highest BCUT2D eigenvalue weighted by atomic mass is 19.3. The van der Waals surface area contributed by atoms with E-state index in [1.807, 2.05) is 17.1 Å². The fourth-order valence-corrected chi connectivity index (χ4v) is 4.39. The molecule has 1 amide bonds. The zero-order valence-electron chi connectivity index (χ0n) is 14.5. The van der Waals surface area contributed by atoms with E-state index in [0.717, 1.165) is 23.8 Å².